The Bertz CT molecular complexity index is 1270. The summed E-state index contributed by atoms with van der Waals surface area (Å²) in [5.41, 5.74) is 0.884. The Hall–Kier alpha value is -4.15. The minimum Gasteiger partial charge on any atom is -0.386 e. The predicted octanol–water partition coefficient (Wildman–Crippen LogP) is 4.65. The van der Waals surface area contributed by atoms with Crippen LogP contribution in [0.2, 0.25) is 0 Å². The summed E-state index contributed by atoms with van der Waals surface area (Å²) in [6, 6.07) is 11.6. The van der Waals surface area contributed by atoms with Gasteiger partial charge in [-0.15, -0.1) is 10.2 Å². The van der Waals surface area contributed by atoms with Crippen LogP contribution in [0.3, 0.4) is 0 Å². The molecule has 2 heterocycles. The van der Waals surface area contributed by atoms with Crippen molar-refractivity contribution in [3.05, 3.63) is 65.9 Å². The van der Waals surface area contributed by atoms with Crippen LogP contribution in [0.4, 0.5) is 29.5 Å². The number of piperidine rings is 1. The lowest BCUT2D eigenvalue weighted by Gasteiger charge is -2.33. The van der Waals surface area contributed by atoms with E-state index in [-0.39, 0.29) is 11.7 Å². The smallest absolute Gasteiger partial charge is 0.386 e. The fraction of sp³-hybridized carbons (Fsp3) is 0.280. The first-order valence-electron chi connectivity index (χ1n) is 11.4. The molecule has 4 rings (SSSR count). The van der Waals surface area contributed by atoms with Crippen molar-refractivity contribution in [3.8, 4) is 0 Å². The molecule has 1 aliphatic heterocycles. The van der Waals surface area contributed by atoms with E-state index in [0.29, 0.717) is 37.3 Å². The maximum absolute atomic E-state index is 12.7. The van der Waals surface area contributed by atoms with Crippen molar-refractivity contribution >= 4 is 40.2 Å². The van der Waals surface area contributed by atoms with Gasteiger partial charge in [0, 0.05) is 48.9 Å². The number of carbonyl (C=O) groups excluding carboxylic acids is 1. The molecule has 3 aromatic rings. The van der Waals surface area contributed by atoms with Crippen molar-refractivity contribution in [2.45, 2.75) is 25.1 Å². The number of nitrogens with zero attached hydrogens (tertiary/aromatic N) is 3. The Labute approximate surface area is 206 Å². The van der Waals surface area contributed by atoms with Gasteiger partial charge in [-0.2, -0.15) is 13.2 Å². The molecule has 1 saturated heterocycles. The van der Waals surface area contributed by atoms with E-state index >= 15 is 0 Å². The zero-order valence-electron chi connectivity index (χ0n) is 19.6. The molecule has 1 aromatic heterocycles. The standard InChI is InChI=1S/C25H26F3N7O/c1-30-21(10-13-29)22-19-4-2-3-5-20(19)23(34-33-22)35-14-11-18(12-15-35)32-24(36)31-17-8-6-16(7-9-17)25(26,27)28/h2-10,13,18,29-30H,11-12,14-15H2,1H3,(H2,31,32,36)/b21-10-,29-13?. The molecular weight excluding hydrogens is 471 g/mol. The Balaban J connectivity index is 1.40. The Morgan fingerprint density at radius 1 is 1.06 bits per heavy atom. The average Bonchev–Trinajstić information content (AvgIpc) is 2.87. The van der Waals surface area contributed by atoms with E-state index in [1.807, 2.05) is 24.3 Å². The van der Waals surface area contributed by atoms with E-state index in [2.05, 4.69) is 31.0 Å². The predicted molar refractivity (Wildman–Crippen MR) is 134 cm³/mol. The summed E-state index contributed by atoms with van der Waals surface area (Å²) in [6.45, 7) is 1.30. The third-order valence-corrected chi connectivity index (χ3v) is 6.04. The van der Waals surface area contributed by atoms with Gasteiger partial charge in [-0.1, -0.05) is 24.3 Å². The number of rotatable bonds is 6. The van der Waals surface area contributed by atoms with Crippen LogP contribution in [0, 0.1) is 5.41 Å². The minimum absolute atomic E-state index is 0.0828. The number of nitrogens with one attached hydrogen (secondary N) is 4. The molecule has 1 fully saturated rings. The van der Waals surface area contributed by atoms with Gasteiger partial charge in [0.05, 0.1) is 11.3 Å². The van der Waals surface area contributed by atoms with Gasteiger partial charge in [-0.05, 0) is 43.2 Å². The molecule has 4 N–H and O–H groups in total. The normalized spacial score (nSPS) is 15.0. The number of alkyl halides is 3. The van der Waals surface area contributed by atoms with E-state index in [9.17, 15) is 18.0 Å². The lowest BCUT2D eigenvalue weighted by Crippen LogP contribution is -2.46. The summed E-state index contributed by atoms with van der Waals surface area (Å²) in [5.74, 6) is 0.757. The number of anilines is 2. The molecule has 11 heteroatoms. The van der Waals surface area contributed by atoms with Crippen LogP contribution in [0.1, 0.15) is 24.1 Å². The number of fused-ring (bicyclic) bond motifs is 1. The molecule has 8 nitrogen and oxygen atoms in total. The van der Waals surface area contributed by atoms with E-state index < -0.39 is 17.8 Å². The van der Waals surface area contributed by atoms with Crippen molar-refractivity contribution in [3.63, 3.8) is 0 Å². The summed E-state index contributed by atoms with van der Waals surface area (Å²) < 4.78 is 38.1. The third kappa shape index (κ3) is 5.56. The topological polar surface area (TPSA) is 106 Å². The maximum Gasteiger partial charge on any atom is 0.416 e. The van der Waals surface area contributed by atoms with Crippen molar-refractivity contribution < 1.29 is 18.0 Å². The number of urea groups is 1. The van der Waals surface area contributed by atoms with Gasteiger partial charge in [-0.3, -0.25) is 0 Å². The molecule has 0 spiro atoms. The molecule has 0 unspecified atom stereocenters. The largest absolute Gasteiger partial charge is 0.416 e. The highest BCUT2D eigenvalue weighted by molar-refractivity contribution is 5.99. The number of hydrogen-bond donors (Lipinski definition) is 4. The third-order valence-electron chi connectivity index (χ3n) is 6.04. The van der Waals surface area contributed by atoms with Gasteiger partial charge in [0.15, 0.2) is 5.82 Å². The fourth-order valence-corrected chi connectivity index (χ4v) is 4.22. The molecule has 2 aromatic carbocycles. The van der Waals surface area contributed by atoms with Gasteiger partial charge in [0.2, 0.25) is 0 Å². The zero-order chi connectivity index (χ0) is 25.7. The second kappa shape index (κ2) is 10.6. The van der Waals surface area contributed by atoms with Crippen molar-refractivity contribution in [1.29, 1.82) is 5.41 Å². The van der Waals surface area contributed by atoms with Gasteiger partial charge in [0.1, 0.15) is 5.69 Å². The van der Waals surface area contributed by atoms with Gasteiger partial charge < -0.3 is 26.3 Å². The first-order valence-corrected chi connectivity index (χ1v) is 11.4. The van der Waals surface area contributed by atoms with E-state index in [1.165, 1.54) is 18.3 Å². The number of allylic oxidation sites excluding steroid dienone is 1. The molecule has 2 amide bonds. The van der Waals surface area contributed by atoms with Crippen LogP contribution in [-0.4, -0.2) is 48.6 Å². The van der Waals surface area contributed by atoms with Crippen LogP contribution in [0.25, 0.3) is 16.5 Å². The summed E-state index contributed by atoms with van der Waals surface area (Å²) in [4.78, 5) is 14.5. The molecule has 0 atom stereocenters. The van der Waals surface area contributed by atoms with Gasteiger partial charge in [0.25, 0.3) is 0 Å². The van der Waals surface area contributed by atoms with Gasteiger partial charge >= 0.3 is 12.2 Å². The Morgan fingerprint density at radius 2 is 1.72 bits per heavy atom. The van der Waals surface area contributed by atoms with E-state index in [4.69, 9.17) is 5.41 Å². The number of hydrogen-bond acceptors (Lipinski definition) is 6. The number of aromatic nitrogens is 2. The first-order chi connectivity index (χ1) is 17.3. The summed E-state index contributed by atoms with van der Waals surface area (Å²) in [6.07, 6.45) is -0.247. The number of carbonyl (C=O) groups is 1. The quantitative estimate of drug-likeness (QED) is 0.371. The van der Waals surface area contributed by atoms with Crippen LogP contribution in [0.15, 0.2) is 54.6 Å². The highest BCUT2D eigenvalue weighted by atomic mass is 19.4. The SMILES string of the molecule is CN/C(=C\C=N)c1nnc(N2CCC(NC(=O)Nc3ccc(C(F)(F)F)cc3)CC2)c2ccccc12. The zero-order valence-corrected chi connectivity index (χ0v) is 19.6. The Kier molecular flexibility index (Phi) is 7.37. The molecule has 0 aliphatic carbocycles. The average molecular weight is 498 g/mol. The molecular formula is C25H26F3N7O. The summed E-state index contributed by atoms with van der Waals surface area (Å²) in [5, 5.41) is 26.7. The lowest BCUT2D eigenvalue weighted by atomic mass is 10.0. The highest BCUT2D eigenvalue weighted by Gasteiger charge is 2.30. The monoisotopic (exact) mass is 497 g/mol. The number of amides is 2. The maximum atomic E-state index is 12.7. The van der Waals surface area contributed by atoms with Crippen molar-refractivity contribution in [2.75, 3.05) is 30.4 Å². The molecule has 1 aliphatic rings. The van der Waals surface area contributed by atoms with E-state index in [0.717, 1.165) is 28.7 Å². The molecule has 0 saturated carbocycles. The van der Waals surface area contributed by atoms with E-state index in [1.54, 1.807) is 13.1 Å². The van der Waals surface area contributed by atoms with Gasteiger partial charge in [-0.25, -0.2) is 4.79 Å². The van der Waals surface area contributed by atoms with Crippen LogP contribution in [0.5, 0.6) is 0 Å². The number of benzene rings is 2. The summed E-state index contributed by atoms with van der Waals surface area (Å²) >= 11 is 0. The molecule has 36 heavy (non-hydrogen) atoms. The van der Waals surface area contributed by atoms with Crippen LogP contribution >= 0.6 is 0 Å². The number of halogens is 3. The highest BCUT2D eigenvalue weighted by Crippen LogP contribution is 2.31. The van der Waals surface area contributed by atoms with Crippen molar-refractivity contribution in [2.24, 2.45) is 0 Å². The second-order valence-corrected chi connectivity index (χ2v) is 8.35. The van der Waals surface area contributed by atoms with Crippen LogP contribution < -0.4 is 20.9 Å². The minimum atomic E-state index is -4.42. The summed E-state index contributed by atoms with van der Waals surface area (Å²) in [7, 11) is 1.77. The fourth-order valence-electron chi connectivity index (χ4n) is 4.22. The first kappa shape index (κ1) is 25.0. The second-order valence-electron chi connectivity index (χ2n) is 8.35. The lowest BCUT2D eigenvalue weighted by molar-refractivity contribution is -0.137. The molecule has 0 bridgehead atoms. The van der Waals surface area contributed by atoms with Crippen molar-refractivity contribution in [1.82, 2.24) is 20.8 Å². The molecule has 0 radical (unpaired) electrons. The van der Waals surface area contributed by atoms with Crippen LogP contribution in [-0.2, 0) is 6.18 Å². The molecule has 188 valence electrons. The Morgan fingerprint density at radius 3 is 2.33 bits per heavy atom.